The van der Waals surface area contributed by atoms with Crippen LogP contribution in [0.25, 0.3) is 0 Å². The zero-order valence-corrected chi connectivity index (χ0v) is 14.0. The van der Waals surface area contributed by atoms with Gasteiger partial charge in [0.1, 0.15) is 0 Å². The predicted molar refractivity (Wildman–Crippen MR) is 87.6 cm³/mol. The van der Waals surface area contributed by atoms with Crippen LogP contribution in [0.5, 0.6) is 0 Å². The van der Waals surface area contributed by atoms with Gasteiger partial charge in [0, 0.05) is 18.2 Å². The van der Waals surface area contributed by atoms with E-state index in [1.165, 1.54) is 24.3 Å². The standard InChI is InChI=1S/C14H21N3O3S.ClH/c1-10(8-15)9-16-14(18)11-2-6-13(7-3-11)21(19,20)17-12-4-5-12;/h2-3,6-7,10,12,17H,4-5,8-9,15H2,1H3,(H,16,18);1H. The van der Waals surface area contributed by atoms with Crippen LogP contribution >= 0.6 is 12.4 Å². The molecule has 1 amide bonds. The lowest BCUT2D eigenvalue weighted by Gasteiger charge is -2.10. The molecule has 1 saturated carbocycles. The summed E-state index contributed by atoms with van der Waals surface area (Å²) in [7, 11) is -3.47. The first-order valence-electron chi connectivity index (χ1n) is 7.03. The molecule has 1 aliphatic rings. The maximum atomic E-state index is 12.0. The fourth-order valence-corrected chi connectivity index (χ4v) is 3.03. The highest BCUT2D eigenvalue weighted by molar-refractivity contribution is 7.89. The average molecular weight is 348 g/mol. The van der Waals surface area contributed by atoms with Crippen LogP contribution < -0.4 is 15.8 Å². The van der Waals surface area contributed by atoms with E-state index in [1.54, 1.807) is 0 Å². The molecule has 0 saturated heterocycles. The molecule has 22 heavy (non-hydrogen) atoms. The minimum absolute atomic E-state index is 0. The first-order valence-corrected chi connectivity index (χ1v) is 8.51. The normalized spacial score (nSPS) is 15.7. The lowest BCUT2D eigenvalue weighted by molar-refractivity contribution is 0.0948. The van der Waals surface area contributed by atoms with Crippen molar-refractivity contribution in [2.24, 2.45) is 11.7 Å². The molecule has 1 aliphatic carbocycles. The molecule has 6 nitrogen and oxygen atoms in total. The van der Waals surface area contributed by atoms with Crippen molar-refractivity contribution in [3.8, 4) is 0 Å². The Morgan fingerprint density at radius 1 is 1.32 bits per heavy atom. The van der Waals surface area contributed by atoms with Crippen LogP contribution in [0.1, 0.15) is 30.1 Å². The van der Waals surface area contributed by atoms with Crippen LogP contribution in [-0.4, -0.2) is 33.5 Å². The third kappa shape index (κ3) is 5.24. The molecule has 1 fully saturated rings. The van der Waals surface area contributed by atoms with Gasteiger partial charge in [-0.1, -0.05) is 6.92 Å². The molecule has 0 spiro atoms. The molecule has 0 heterocycles. The highest BCUT2D eigenvalue weighted by atomic mass is 35.5. The molecular weight excluding hydrogens is 326 g/mol. The van der Waals surface area contributed by atoms with E-state index in [0.717, 1.165) is 12.8 Å². The van der Waals surface area contributed by atoms with Gasteiger partial charge in [-0.05, 0) is 49.6 Å². The van der Waals surface area contributed by atoms with E-state index in [9.17, 15) is 13.2 Å². The Morgan fingerprint density at radius 3 is 2.41 bits per heavy atom. The van der Waals surface area contributed by atoms with Crippen molar-refractivity contribution >= 4 is 28.3 Å². The SMILES string of the molecule is CC(CN)CNC(=O)c1ccc(S(=O)(=O)NC2CC2)cc1.Cl. The maximum absolute atomic E-state index is 12.0. The molecule has 1 aromatic carbocycles. The molecule has 1 unspecified atom stereocenters. The van der Waals surface area contributed by atoms with Crippen LogP contribution in [0, 0.1) is 5.92 Å². The van der Waals surface area contributed by atoms with Gasteiger partial charge in [-0.2, -0.15) is 0 Å². The summed E-state index contributed by atoms with van der Waals surface area (Å²) in [6.07, 6.45) is 1.78. The number of nitrogens with one attached hydrogen (secondary N) is 2. The van der Waals surface area contributed by atoms with Crippen molar-refractivity contribution in [1.29, 1.82) is 0 Å². The summed E-state index contributed by atoms with van der Waals surface area (Å²) < 4.78 is 26.6. The number of halogens is 1. The summed E-state index contributed by atoms with van der Waals surface area (Å²) in [6.45, 7) is 2.95. The number of amides is 1. The first-order chi connectivity index (χ1) is 9.92. The second kappa shape index (κ2) is 7.92. The van der Waals surface area contributed by atoms with Crippen LogP contribution in [-0.2, 0) is 10.0 Å². The van der Waals surface area contributed by atoms with Gasteiger partial charge < -0.3 is 11.1 Å². The number of nitrogens with two attached hydrogens (primary N) is 1. The summed E-state index contributed by atoms with van der Waals surface area (Å²) >= 11 is 0. The maximum Gasteiger partial charge on any atom is 0.251 e. The van der Waals surface area contributed by atoms with Crippen LogP contribution in [0.3, 0.4) is 0 Å². The molecule has 0 aliphatic heterocycles. The smallest absolute Gasteiger partial charge is 0.251 e. The third-order valence-electron chi connectivity index (χ3n) is 3.34. The van der Waals surface area contributed by atoms with Crippen molar-refractivity contribution in [1.82, 2.24) is 10.0 Å². The lowest BCUT2D eigenvalue weighted by Crippen LogP contribution is -2.31. The topological polar surface area (TPSA) is 101 Å². The van der Waals surface area contributed by atoms with Gasteiger partial charge in [-0.3, -0.25) is 4.79 Å². The minimum atomic E-state index is -3.47. The average Bonchev–Trinajstić information content (AvgIpc) is 3.27. The van der Waals surface area contributed by atoms with Crippen LogP contribution in [0.2, 0.25) is 0 Å². The number of carbonyl (C=O) groups excluding carboxylic acids is 1. The fraction of sp³-hybridized carbons (Fsp3) is 0.500. The van der Waals surface area contributed by atoms with Gasteiger partial charge in [-0.15, -0.1) is 12.4 Å². The van der Waals surface area contributed by atoms with Gasteiger partial charge in [0.2, 0.25) is 10.0 Å². The van der Waals surface area contributed by atoms with Crippen molar-refractivity contribution in [3.05, 3.63) is 29.8 Å². The van der Waals surface area contributed by atoms with E-state index in [1.807, 2.05) is 6.92 Å². The van der Waals surface area contributed by atoms with Crippen LogP contribution in [0.4, 0.5) is 0 Å². The molecule has 124 valence electrons. The van der Waals surface area contributed by atoms with E-state index in [2.05, 4.69) is 10.0 Å². The minimum Gasteiger partial charge on any atom is -0.352 e. The van der Waals surface area contributed by atoms with E-state index >= 15 is 0 Å². The third-order valence-corrected chi connectivity index (χ3v) is 4.88. The second-order valence-corrected chi connectivity index (χ2v) is 7.18. The van der Waals surface area contributed by atoms with Crippen molar-refractivity contribution in [2.75, 3.05) is 13.1 Å². The molecule has 4 N–H and O–H groups in total. The highest BCUT2D eigenvalue weighted by Gasteiger charge is 2.27. The Kier molecular flexibility index (Phi) is 6.80. The second-order valence-electron chi connectivity index (χ2n) is 5.47. The number of sulfonamides is 1. The van der Waals surface area contributed by atoms with E-state index < -0.39 is 10.0 Å². The quantitative estimate of drug-likeness (QED) is 0.681. The molecule has 2 rings (SSSR count). The highest BCUT2D eigenvalue weighted by Crippen LogP contribution is 2.22. The van der Waals surface area contributed by atoms with Gasteiger partial charge in [0.05, 0.1) is 4.90 Å². The zero-order valence-electron chi connectivity index (χ0n) is 12.4. The fourth-order valence-electron chi connectivity index (χ4n) is 1.73. The molecule has 1 atom stereocenters. The molecule has 0 aromatic heterocycles. The van der Waals surface area contributed by atoms with Gasteiger partial charge in [0.15, 0.2) is 0 Å². The summed E-state index contributed by atoms with van der Waals surface area (Å²) in [6, 6.07) is 6.00. The first kappa shape index (κ1) is 18.9. The molecule has 0 bridgehead atoms. The monoisotopic (exact) mass is 347 g/mol. The summed E-state index contributed by atoms with van der Waals surface area (Å²) in [5.41, 5.74) is 5.92. The number of rotatable bonds is 7. The largest absolute Gasteiger partial charge is 0.352 e. The van der Waals surface area contributed by atoms with Crippen molar-refractivity contribution in [3.63, 3.8) is 0 Å². The van der Waals surface area contributed by atoms with Gasteiger partial charge in [-0.25, -0.2) is 13.1 Å². The summed E-state index contributed by atoms with van der Waals surface area (Å²) in [5, 5.41) is 2.77. The van der Waals surface area contributed by atoms with E-state index in [-0.39, 0.29) is 35.2 Å². The Balaban J connectivity index is 0.00000242. The molecule has 1 aromatic rings. The number of hydrogen-bond donors (Lipinski definition) is 3. The molecular formula is C14H22ClN3O3S. The van der Waals surface area contributed by atoms with Gasteiger partial charge >= 0.3 is 0 Å². The Morgan fingerprint density at radius 2 is 1.91 bits per heavy atom. The summed E-state index contributed by atoms with van der Waals surface area (Å²) in [4.78, 5) is 12.1. The number of hydrogen-bond acceptors (Lipinski definition) is 4. The molecule has 0 radical (unpaired) electrons. The van der Waals surface area contributed by atoms with Crippen molar-refractivity contribution < 1.29 is 13.2 Å². The Hall–Kier alpha value is -1.15. The van der Waals surface area contributed by atoms with E-state index in [4.69, 9.17) is 5.73 Å². The van der Waals surface area contributed by atoms with E-state index in [0.29, 0.717) is 18.7 Å². The lowest BCUT2D eigenvalue weighted by atomic mass is 10.1. The molecule has 8 heteroatoms. The van der Waals surface area contributed by atoms with Crippen LogP contribution in [0.15, 0.2) is 29.2 Å². The van der Waals surface area contributed by atoms with Gasteiger partial charge in [0.25, 0.3) is 5.91 Å². The van der Waals surface area contributed by atoms with Crippen molar-refractivity contribution in [2.45, 2.75) is 30.7 Å². The Bertz CT molecular complexity index is 600. The zero-order chi connectivity index (χ0) is 15.5. The predicted octanol–water partition coefficient (Wildman–Crippen LogP) is 0.874. The summed E-state index contributed by atoms with van der Waals surface area (Å²) in [5.74, 6) is -0.0225. The number of carbonyl (C=O) groups is 1. The Labute approximate surface area is 137 Å². The number of benzene rings is 1.